The van der Waals surface area contributed by atoms with Gasteiger partial charge in [-0.1, -0.05) is 51.0 Å². The third kappa shape index (κ3) is 10.6. The number of hydrogen-bond acceptors (Lipinski definition) is 6. The number of carbonyl (C=O) groups excluding carboxylic acids is 2. The molecule has 1 N–H and O–H groups in total. The predicted octanol–water partition coefficient (Wildman–Crippen LogP) is 0.348. The minimum Gasteiger partial charge on any atom is -0.548 e. The quantitative estimate of drug-likeness (QED) is 0.324. The van der Waals surface area contributed by atoms with Crippen molar-refractivity contribution in [2.45, 2.75) is 65.3 Å². The Morgan fingerprint density at radius 1 is 1.14 bits per heavy atom. The molecule has 1 aliphatic heterocycles. The first kappa shape index (κ1) is 32.8. The van der Waals surface area contributed by atoms with Crippen molar-refractivity contribution in [1.82, 2.24) is 15.1 Å². The Morgan fingerprint density at radius 2 is 1.81 bits per heavy atom. The van der Waals surface area contributed by atoms with Gasteiger partial charge < -0.3 is 20.1 Å². The predicted molar refractivity (Wildman–Crippen MR) is 145 cm³/mol. The van der Waals surface area contributed by atoms with Gasteiger partial charge in [0.25, 0.3) is 0 Å². The number of nitrogens with zero attached hydrogens (tertiary/aromatic N) is 2. The zero-order chi connectivity index (χ0) is 25.6. The summed E-state index contributed by atoms with van der Waals surface area (Å²) < 4.78 is 0. The van der Waals surface area contributed by atoms with Crippen LogP contribution < -0.4 is 29.3 Å². The van der Waals surface area contributed by atoms with E-state index in [0.29, 0.717) is 30.7 Å². The molecule has 1 amide bonds. The Bertz CT molecular complexity index is 841. The van der Waals surface area contributed by atoms with Gasteiger partial charge in [-0.05, 0) is 74.4 Å². The van der Waals surface area contributed by atoms with E-state index in [1.165, 1.54) is 25.7 Å². The molecule has 1 aromatic rings. The van der Waals surface area contributed by atoms with E-state index in [0.717, 1.165) is 49.4 Å². The van der Waals surface area contributed by atoms with Gasteiger partial charge in [-0.2, -0.15) is 11.8 Å². The van der Waals surface area contributed by atoms with E-state index >= 15 is 0 Å². The van der Waals surface area contributed by atoms with E-state index in [-0.39, 0.29) is 24.8 Å². The Morgan fingerprint density at radius 3 is 2.39 bits per heavy atom. The van der Waals surface area contributed by atoms with Gasteiger partial charge in [-0.15, -0.1) is 0 Å². The van der Waals surface area contributed by atoms with Crippen molar-refractivity contribution in [3.8, 4) is 0 Å². The van der Waals surface area contributed by atoms with Gasteiger partial charge in [0, 0.05) is 31.8 Å². The maximum atomic E-state index is 13.3. The van der Waals surface area contributed by atoms with E-state index < -0.39 is 12.0 Å². The monoisotopic (exact) mass is 509 g/mol. The Balaban J connectivity index is 0.00000648. The molecule has 0 aromatic heterocycles. The summed E-state index contributed by atoms with van der Waals surface area (Å²) in [6.45, 7) is 12.3. The molecular formula is C28H44LiN3O3S. The number of amides is 1. The van der Waals surface area contributed by atoms with Gasteiger partial charge in [-0.3, -0.25) is 9.69 Å². The van der Waals surface area contributed by atoms with E-state index in [1.54, 1.807) is 11.8 Å². The van der Waals surface area contributed by atoms with Crippen LogP contribution >= 0.6 is 11.8 Å². The summed E-state index contributed by atoms with van der Waals surface area (Å²) in [5, 5.41) is 14.4. The number of rotatable bonds is 16. The summed E-state index contributed by atoms with van der Waals surface area (Å²) in [5.74, 6) is -0.837. The second-order valence-corrected chi connectivity index (χ2v) is 10.5. The molecule has 0 spiro atoms. The standard InChI is InChI=1S/C28H45N3O3S.Li/c1-5-7-15-30(16-8-6-2)18-19-31-17-13-24(25(21-31)23-12-10-9-11-22(23)3)27(32)29-26(28(33)34)14-20-35-4;/h9-12,26H,5-8,13-21H2,1-4H3,(H,29,32)(H,33,34);/q;+1/p-1. The normalized spacial score (nSPS) is 15.0. The maximum absolute atomic E-state index is 13.3. The molecule has 2 rings (SSSR count). The second-order valence-electron chi connectivity index (χ2n) is 9.47. The summed E-state index contributed by atoms with van der Waals surface area (Å²) in [6.07, 6.45) is 7.75. The fraction of sp³-hybridized carbons (Fsp3) is 0.643. The largest absolute Gasteiger partial charge is 1.00 e. The van der Waals surface area contributed by atoms with Crippen molar-refractivity contribution in [2.75, 3.05) is 51.3 Å². The van der Waals surface area contributed by atoms with Crippen LogP contribution in [-0.2, 0) is 9.59 Å². The van der Waals surface area contributed by atoms with Crippen molar-refractivity contribution in [3.63, 3.8) is 0 Å². The van der Waals surface area contributed by atoms with Crippen LogP contribution in [0.25, 0.3) is 5.57 Å². The smallest absolute Gasteiger partial charge is 0.548 e. The van der Waals surface area contributed by atoms with Crippen LogP contribution in [0.5, 0.6) is 0 Å². The molecule has 1 heterocycles. The molecule has 36 heavy (non-hydrogen) atoms. The number of aryl methyl sites for hydroxylation is 1. The summed E-state index contributed by atoms with van der Waals surface area (Å²) in [4.78, 5) is 29.9. The van der Waals surface area contributed by atoms with Crippen LogP contribution in [0, 0.1) is 6.92 Å². The van der Waals surface area contributed by atoms with Gasteiger partial charge in [0.2, 0.25) is 5.91 Å². The number of hydrogen-bond donors (Lipinski definition) is 1. The van der Waals surface area contributed by atoms with E-state index in [2.05, 4.69) is 48.0 Å². The fourth-order valence-corrected chi connectivity index (χ4v) is 5.00. The van der Waals surface area contributed by atoms with E-state index in [1.807, 2.05) is 18.4 Å². The minimum absolute atomic E-state index is 0. The maximum Gasteiger partial charge on any atom is 1.00 e. The van der Waals surface area contributed by atoms with Gasteiger partial charge >= 0.3 is 18.9 Å². The topological polar surface area (TPSA) is 75.7 Å². The van der Waals surface area contributed by atoms with Crippen LogP contribution in [0.3, 0.4) is 0 Å². The van der Waals surface area contributed by atoms with E-state index in [4.69, 9.17) is 0 Å². The van der Waals surface area contributed by atoms with Crippen molar-refractivity contribution in [3.05, 3.63) is 41.0 Å². The molecule has 0 fully saturated rings. The molecule has 1 atom stereocenters. The zero-order valence-corrected chi connectivity index (χ0v) is 23.9. The van der Waals surface area contributed by atoms with Crippen molar-refractivity contribution in [2.24, 2.45) is 0 Å². The molecule has 1 aromatic carbocycles. The molecule has 0 radical (unpaired) electrons. The van der Waals surface area contributed by atoms with Crippen LogP contribution in [0.2, 0.25) is 0 Å². The number of carbonyl (C=O) groups is 2. The minimum atomic E-state index is -1.22. The van der Waals surface area contributed by atoms with Crippen molar-refractivity contribution in [1.29, 1.82) is 0 Å². The molecule has 0 aliphatic carbocycles. The SMILES string of the molecule is CCCCN(CCCC)CCN1CCC(C(=O)NC(CCSC)C(=O)[O-])=C(c2ccccc2C)C1.[Li+]. The van der Waals surface area contributed by atoms with Crippen LogP contribution in [-0.4, -0.2) is 79.0 Å². The first-order valence-electron chi connectivity index (χ1n) is 13.1. The first-order chi connectivity index (χ1) is 16.9. The van der Waals surface area contributed by atoms with Gasteiger partial charge in [0.15, 0.2) is 0 Å². The molecule has 196 valence electrons. The fourth-order valence-electron chi connectivity index (χ4n) is 4.53. The molecule has 6 nitrogen and oxygen atoms in total. The Kier molecular flexibility index (Phi) is 16.5. The van der Waals surface area contributed by atoms with Gasteiger partial charge in [0.1, 0.15) is 0 Å². The van der Waals surface area contributed by atoms with Gasteiger partial charge in [-0.25, -0.2) is 0 Å². The summed E-state index contributed by atoms with van der Waals surface area (Å²) >= 11 is 1.56. The number of nitrogens with one attached hydrogen (secondary N) is 1. The number of thioether (sulfide) groups is 1. The van der Waals surface area contributed by atoms with Crippen LogP contribution in [0.15, 0.2) is 29.8 Å². The van der Waals surface area contributed by atoms with E-state index in [9.17, 15) is 14.7 Å². The molecule has 1 unspecified atom stereocenters. The molecule has 0 bridgehead atoms. The first-order valence-corrected chi connectivity index (χ1v) is 14.5. The Labute approximate surface area is 234 Å². The number of benzene rings is 1. The third-order valence-corrected chi connectivity index (χ3v) is 7.40. The Hall–Kier alpha value is -1.23. The van der Waals surface area contributed by atoms with Crippen molar-refractivity contribution >= 4 is 29.2 Å². The second kappa shape index (κ2) is 18.1. The zero-order valence-electron chi connectivity index (χ0n) is 23.1. The number of aliphatic carboxylic acids is 1. The summed E-state index contributed by atoms with van der Waals surface area (Å²) in [6, 6.07) is 7.18. The molecule has 0 saturated heterocycles. The molecule has 0 saturated carbocycles. The summed E-state index contributed by atoms with van der Waals surface area (Å²) in [7, 11) is 0. The molecular weight excluding hydrogens is 465 g/mol. The molecule has 8 heteroatoms. The molecule has 1 aliphatic rings. The van der Waals surface area contributed by atoms with Crippen LogP contribution in [0.4, 0.5) is 0 Å². The number of carboxylic acid groups (broad SMARTS) is 1. The average Bonchev–Trinajstić information content (AvgIpc) is 2.86. The third-order valence-electron chi connectivity index (χ3n) is 6.76. The number of carboxylic acids is 1. The van der Waals surface area contributed by atoms with Crippen LogP contribution in [0.1, 0.15) is 63.5 Å². The number of unbranched alkanes of at least 4 members (excludes halogenated alkanes) is 2. The summed E-state index contributed by atoms with van der Waals surface area (Å²) in [5.41, 5.74) is 3.92. The van der Waals surface area contributed by atoms with Crippen molar-refractivity contribution < 1.29 is 33.6 Å². The van der Waals surface area contributed by atoms with Gasteiger partial charge in [0.05, 0.1) is 12.0 Å². The average molecular weight is 510 g/mol.